The van der Waals surface area contributed by atoms with E-state index in [4.69, 9.17) is 18.5 Å². The summed E-state index contributed by atoms with van der Waals surface area (Å²) in [4.78, 5) is 23.1. The number of carbonyl (C=O) groups excluding carboxylic acids is 1. The average Bonchev–Trinajstić information content (AvgIpc) is 3.21. The van der Waals surface area contributed by atoms with Crippen molar-refractivity contribution in [2.75, 3.05) is 19.8 Å². The number of aliphatic hydroxyl groups is 5. The summed E-state index contributed by atoms with van der Waals surface area (Å²) in [5.41, 5.74) is 0. The Morgan fingerprint density at radius 3 is 1.45 bits per heavy atom. The van der Waals surface area contributed by atoms with Crippen LogP contribution in [0.5, 0.6) is 0 Å². The van der Waals surface area contributed by atoms with E-state index in [9.17, 15) is 39.8 Å². The summed E-state index contributed by atoms with van der Waals surface area (Å²) in [6.45, 7) is 3.92. The molecule has 0 aromatic carbocycles. The molecule has 0 radical (unpaired) electrons. The maximum atomic E-state index is 12.8. The normalized spacial score (nSPS) is 23.5. The van der Waals surface area contributed by atoms with Gasteiger partial charge in [-0.3, -0.25) is 13.8 Å². The number of hydrogen-bond acceptors (Lipinski definition) is 11. The summed E-state index contributed by atoms with van der Waals surface area (Å²) in [7, 11) is -5.03. The summed E-state index contributed by atoms with van der Waals surface area (Å²) < 4.78 is 34.0. The van der Waals surface area contributed by atoms with Crippen molar-refractivity contribution < 1.29 is 58.3 Å². The Bertz CT molecular complexity index is 1280. The van der Waals surface area contributed by atoms with E-state index in [1.54, 1.807) is 0 Å². The van der Waals surface area contributed by atoms with Gasteiger partial charge >= 0.3 is 13.8 Å². The largest absolute Gasteiger partial charge is 0.472 e. The number of rotatable bonds is 34. The van der Waals surface area contributed by atoms with Gasteiger partial charge in [-0.05, 0) is 83.5 Å². The molecule has 1 aliphatic carbocycles. The summed E-state index contributed by atoms with van der Waals surface area (Å²) in [6, 6.07) is 0. The van der Waals surface area contributed by atoms with Gasteiger partial charge in [0.15, 0.2) is 0 Å². The number of hydrogen-bond donors (Lipinski definition) is 6. The van der Waals surface area contributed by atoms with Gasteiger partial charge in [0, 0.05) is 13.0 Å². The second-order valence-corrected chi connectivity index (χ2v) is 15.8. The van der Waals surface area contributed by atoms with Gasteiger partial charge in [0.2, 0.25) is 0 Å². The van der Waals surface area contributed by atoms with Crippen LogP contribution in [0.1, 0.15) is 129 Å². The second kappa shape index (κ2) is 35.3. The maximum Gasteiger partial charge on any atom is 0.472 e. The Kier molecular flexibility index (Phi) is 32.6. The third kappa shape index (κ3) is 27.3. The first-order valence-corrected chi connectivity index (χ1v) is 22.9. The van der Waals surface area contributed by atoms with Crippen LogP contribution in [0.25, 0.3) is 0 Å². The highest BCUT2D eigenvalue weighted by Gasteiger charge is 2.51. The van der Waals surface area contributed by atoms with Gasteiger partial charge < -0.3 is 39.9 Å². The predicted molar refractivity (Wildman–Crippen MR) is 230 cm³/mol. The van der Waals surface area contributed by atoms with Crippen molar-refractivity contribution in [3.05, 3.63) is 85.1 Å². The maximum absolute atomic E-state index is 12.8. The molecule has 0 aromatic heterocycles. The van der Waals surface area contributed by atoms with Gasteiger partial charge in [-0.1, -0.05) is 125 Å². The van der Waals surface area contributed by atoms with Crippen LogP contribution in [-0.2, 0) is 27.9 Å². The van der Waals surface area contributed by atoms with Gasteiger partial charge in [-0.2, -0.15) is 0 Å². The number of phosphoric ester groups is 1. The zero-order chi connectivity index (χ0) is 42.7. The Morgan fingerprint density at radius 2 is 0.966 bits per heavy atom. The molecule has 332 valence electrons. The van der Waals surface area contributed by atoms with Crippen LogP contribution >= 0.6 is 7.82 Å². The van der Waals surface area contributed by atoms with Crippen LogP contribution in [0.4, 0.5) is 0 Å². The van der Waals surface area contributed by atoms with E-state index >= 15 is 0 Å². The molecule has 1 fully saturated rings. The fraction of sp³-hybridized carbons (Fsp3) is 0.667. The standard InChI is InChI=1S/C45H75O12P/c1-3-5-7-9-11-13-15-17-19-20-21-22-24-26-28-30-32-34-39(46)56-38(36-54-35-33-31-29-27-25-23-18-16-14-12-10-8-6-4-2)37-55-58(52,53)57-45-43(50)41(48)40(47)42(49)44(45)51/h5-8,11-14,17-19,21-23,38,40-45,47-51H,3-4,9-10,15-16,20,24-37H2,1-2H3,(H,52,53)/b7-5-,8-6-,13-11-,14-12-,19-17-,22-21-,23-18-. The van der Waals surface area contributed by atoms with Crippen LogP contribution in [0, 0.1) is 0 Å². The van der Waals surface area contributed by atoms with Gasteiger partial charge in [0.1, 0.15) is 42.7 Å². The zero-order valence-corrected chi connectivity index (χ0v) is 35.9. The van der Waals surface area contributed by atoms with Crippen LogP contribution in [0.15, 0.2) is 85.1 Å². The SMILES string of the molecule is CC/C=C\C/C=C\C/C=C\C/C=C\CCCCCCC(=O)OC(COCCCCCC/C=C\C/C=C\C/C=C\CC)COP(=O)(O)OC1C(O)C(O)C(O)C(O)C1O. The molecule has 6 unspecified atom stereocenters. The lowest BCUT2D eigenvalue weighted by atomic mass is 9.85. The number of ether oxygens (including phenoxy) is 2. The third-order valence-electron chi connectivity index (χ3n) is 9.26. The molecule has 13 heteroatoms. The highest BCUT2D eigenvalue weighted by Crippen LogP contribution is 2.47. The van der Waals surface area contributed by atoms with Crippen LogP contribution in [0.2, 0.25) is 0 Å². The van der Waals surface area contributed by atoms with E-state index in [0.717, 1.165) is 103 Å². The van der Waals surface area contributed by atoms with E-state index in [0.29, 0.717) is 13.0 Å². The highest BCUT2D eigenvalue weighted by molar-refractivity contribution is 7.47. The van der Waals surface area contributed by atoms with Gasteiger partial charge in [-0.25, -0.2) is 4.57 Å². The van der Waals surface area contributed by atoms with Crippen molar-refractivity contribution in [2.24, 2.45) is 0 Å². The molecule has 1 saturated carbocycles. The fourth-order valence-corrected chi connectivity index (χ4v) is 6.86. The monoisotopic (exact) mass is 838 g/mol. The van der Waals surface area contributed by atoms with E-state index in [-0.39, 0.29) is 13.0 Å². The van der Waals surface area contributed by atoms with Crippen molar-refractivity contribution in [1.82, 2.24) is 0 Å². The van der Waals surface area contributed by atoms with Crippen LogP contribution in [-0.4, -0.2) is 98.9 Å². The number of unbranched alkanes of at least 4 members (excludes halogenated alkanes) is 8. The number of allylic oxidation sites excluding steroid dienone is 14. The zero-order valence-electron chi connectivity index (χ0n) is 35.1. The van der Waals surface area contributed by atoms with Crippen molar-refractivity contribution in [1.29, 1.82) is 0 Å². The summed E-state index contributed by atoms with van der Waals surface area (Å²) in [5.74, 6) is -0.514. The first kappa shape index (κ1) is 53.5. The summed E-state index contributed by atoms with van der Waals surface area (Å²) in [5, 5.41) is 50.1. The Balaban J connectivity index is 2.48. The highest BCUT2D eigenvalue weighted by atomic mass is 31.2. The molecule has 0 bridgehead atoms. The van der Waals surface area contributed by atoms with Crippen molar-refractivity contribution in [3.8, 4) is 0 Å². The van der Waals surface area contributed by atoms with E-state index in [1.807, 2.05) is 0 Å². The molecule has 1 rings (SSSR count). The van der Waals surface area contributed by atoms with Crippen LogP contribution in [0.3, 0.4) is 0 Å². The van der Waals surface area contributed by atoms with Gasteiger partial charge in [0.25, 0.3) is 0 Å². The molecular formula is C45H75O12P. The minimum atomic E-state index is -5.03. The lowest BCUT2D eigenvalue weighted by Crippen LogP contribution is -2.64. The smallest absolute Gasteiger partial charge is 0.457 e. The van der Waals surface area contributed by atoms with Gasteiger partial charge in [-0.15, -0.1) is 0 Å². The van der Waals surface area contributed by atoms with E-state index in [2.05, 4.69) is 98.9 Å². The number of carbonyl (C=O) groups is 1. The molecule has 0 amide bonds. The first-order valence-electron chi connectivity index (χ1n) is 21.4. The molecule has 0 spiro atoms. The molecule has 0 heterocycles. The molecular weight excluding hydrogens is 763 g/mol. The molecule has 0 saturated heterocycles. The Morgan fingerprint density at radius 1 is 0.552 bits per heavy atom. The molecule has 0 aromatic rings. The van der Waals surface area contributed by atoms with Crippen molar-refractivity contribution in [2.45, 2.75) is 172 Å². The average molecular weight is 839 g/mol. The first-order chi connectivity index (χ1) is 28.0. The molecule has 6 N–H and O–H groups in total. The topological polar surface area (TPSA) is 192 Å². The second-order valence-electron chi connectivity index (χ2n) is 14.4. The third-order valence-corrected chi connectivity index (χ3v) is 10.2. The molecule has 6 atom stereocenters. The number of esters is 1. The molecule has 58 heavy (non-hydrogen) atoms. The fourth-order valence-electron chi connectivity index (χ4n) is 5.89. The summed E-state index contributed by atoms with van der Waals surface area (Å²) >= 11 is 0. The Labute approximate surface area is 348 Å². The molecule has 1 aliphatic rings. The number of aliphatic hydroxyl groups excluding tert-OH is 5. The van der Waals surface area contributed by atoms with E-state index < -0.39 is 63.1 Å². The predicted octanol–water partition coefficient (Wildman–Crippen LogP) is 8.19. The lowest BCUT2D eigenvalue weighted by molar-refractivity contribution is -0.220. The lowest BCUT2D eigenvalue weighted by Gasteiger charge is -2.41. The minimum absolute atomic E-state index is 0.108. The molecule has 0 aliphatic heterocycles. The van der Waals surface area contributed by atoms with Crippen molar-refractivity contribution in [3.63, 3.8) is 0 Å². The quantitative estimate of drug-likeness (QED) is 0.0158. The van der Waals surface area contributed by atoms with Crippen molar-refractivity contribution >= 4 is 13.8 Å². The summed E-state index contributed by atoms with van der Waals surface area (Å²) in [6.07, 6.45) is 33.7. The van der Waals surface area contributed by atoms with Gasteiger partial charge in [0.05, 0.1) is 13.2 Å². The minimum Gasteiger partial charge on any atom is -0.457 e. The van der Waals surface area contributed by atoms with E-state index in [1.165, 1.54) is 0 Å². The Hall–Kier alpha value is -2.48. The number of phosphoric acid groups is 1. The van der Waals surface area contributed by atoms with Crippen LogP contribution < -0.4 is 0 Å². The molecule has 12 nitrogen and oxygen atoms in total.